The first-order valence-corrected chi connectivity index (χ1v) is 8.54. The molecule has 2 heterocycles. The maximum Gasteiger partial charge on any atom is 0.245 e. The first-order chi connectivity index (χ1) is 11.6. The predicted molar refractivity (Wildman–Crippen MR) is 89.8 cm³/mol. The Hall–Kier alpha value is -2.17. The maximum absolute atomic E-state index is 13.4. The van der Waals surface area contributed by atoms with Crippen LogP contribution in [-0.4, -0.2) is 47.8 Å². The number of likely N-dealkylation sites (tertiary alicyclic amines) is 2. The molecular weight excluding hydrogens is 307 g/mol. The van der Waals surface area contributed by atoms with Gasteiger partial charge in [0.25, 0.3) is 0 Å². The minimum atomic E-state index is -0.225. The van der Waals surface area contributed by atoms with E-state index in [0.717, 1.165) is 18.5 Å². The Labute approximate surface area is 141 Å². The van der Waals surface area contributed by atoms with Crippen LogP contribution in [0.1, 0.15) is 30.7 Å². The van der Waals surface area contributed by atoms with Crippen LogP contribution in [0.25, 0.3) is 0 Å². The molecule has 0 N–H and O–H groups in total. The highest BCUT2D eigenvalue weighted by atomic mass is 19.1. The largest absolute Gasteiger partial charge is 0.342 e. The zero-order chi connectivity index (χ0) is 17.1. The van der Waals surface area contributed by atoms with Crippen molar-refractivity contribution in [2.75, 3.05) is 26.2 Å². The van der Waals surface area contributed by atoms with E-state index < -0.39 is 0 Å². The smallest absolute Gasteiger partial charge is 0.245 e. The molecule has 128 valence electrons. The monoisotopic (exact) mass is 330 g/mol. The molecule has 2 saturated heterocycles. The van der Waals surface area contributed by atoms with Gasteiger partial charge in [-0.05, 0) is 43.0 Å². The van der Waals surface area contributed by atoms with Crippen LogP contribution in [0, 0.1) is 11.7 Å². The second-order valence-corrected chi connectivity index (χ2v) is 6.63. The molecule has 4 nitrogen and oxygen atoms in total. The van der Waals surface area contributed by atoms with Gasteiger partial charge in [0, 0.05) is 38.0 Å². The van der Waals surface area contributed by atoms with E-state index in [2.05, 4.69) is 6.58 Å². The zero-order valence-corrected chi connectivity index (χ0v) is 13.8. The molecular formula is C19H23FN2O2. The summed E-state index contributed by atoms with van der Waals surface area (Å²) in [7, 11) is 0. The lowest BCUT2D eigenvalue weighted by atomic mass is 9.95. The highest BCUT2D eigenvalue weighted by molar-refractivity contribution is 5.87. The van der Waals surface area contributed by atoms with Crippen molar-refractivity contribution in [3.8, 4) is 0 Å². The Morgan fingerprint density at radius 1 is 1.12 bits per heavy atom. The Morgan fingerprint density at radius 3 is 2.50 bits per heavy atom. The van der Waals surface area contributed by atoms with E-state index in [0.29, 0.717) is 32.5 Å². The number of hydrogen-bond donors (Lipinski definition) is 0. The highest BCUT2D eigenvalue weighted by Gasteiger charge is 2.33. The van der Waals surface area contributed by atoms with Crippen LogP contribution in [0.5, 0.6) is 0 Å². The molecule has 1 aromatic rings. The number of carbonyl (C=O) groups excluding carboxylic acids is 2. The van der Waals surface area contributed by atoms with Crippen LogP contribution in [-0.2, 0) is 9.59 Å². The minimum Gasteiger partial charge on any atom is -0.342 e. The first kappa shape index (κ1) is 16.7. The molecule has 2 aliphatic rings. The molecule has 0 spiro atoms. The molecule has 3 rings (SSSR count). The SMILES string of the molecule is C=CC(=O)N1CCC(C(=O)N2CCC(c3cccc(F)c3)C2)CC1. The summed E-state index contributed by atoms with van der Waals surface area (Å²) < 4.78 is 13.4. The van der Waals surface area contributed by atoms with E-state index >= 15 is 0 Å². The number of carbonyl (C=O) groups is 2. The summed E-state index contributed by atoms with van der Waals surface area (Å²) in [4.78, 5) is 28.0. The van der Waals surface area contributed by atoms with Crippen molar-refractivity contribution in [1.82, 2.24) is 9.80 Å². The topological polar surface area (TPSA) is 40.6 Å². The third-order valence-corrected chi connectivity index (χ3v) is 5.15. The maximum atomic E-state index is 13.4. The third kappa shape index (κ3) is 3.50. The molecule has 1 unspecified atom stereocenters. The van der Waals surface area contributed by atoms with E-state index in [1.807, 2.05) is 11.0 Å². The summed E-state index contributed by atoms with van der Waals surface area (Å²) in [5, 5.41) is 0. The number of benzene rings is 1. The summed E-state index contributed by atoms with van der Waals surface area (Å²) in [6.45, 7) is 6.12. The first-order valence-electron chi connectivity index (χ1n) is 8.54. The van der Waals surface area contributed by atoms with Gasteiger partial charge in [-0.2, -0.15) is 0 Å². The van der Waals surface area contributed by atoms with Gasteiger partial charge < -0.3 is 9.80 Å². The molecule has 0 radical (unpaired) electrons. The number of hydrogen-bond acceptors (Lipinski definition) is 2. The quantitative estimate of drug-likeness (QED) is 0.799. The van der Waals surface area contributed by atoms with Crippen molar-refractivity contribution in [3.63, 3.8) is 0 Å². The average Bonchev–Trinajstić information content (AvgIpc) is 3.10. The van der Waals surface area contributed by atoms with Gasteiger partial charge in [-0.25, -0.2) is 4.39 Å². The summed E-state index contributed by atoms with van der Waals surface area (Å²) in [6.07, 6.45) is 3.62. The Bertz CT molecular complexity index is 638. The van der Waals surface area contributed by atoms with Crippen LogP contribution in [0.15, 0.2) is 36.9 Å². The van der Waals surface area contributed by atoms with Crippen LogP contribution in [0.3, 0.4) is 0 Å². The van der Waals surface area contributed by atoms with Gasteiger partial charge in [0.05, 0.1) is 0 Å². The average molecular weight is 330 g/mol. The van der Waals surface area contributed by atoms with E-state index in [1.54, 1.807) is 17.0 Å². The van der Waals surface area contributed by atoms with Gasteiger partial charge in [0.15, 0.2) is 0 Å². The summed E-state index contributed by atoms with van der Waals surface area (Å²) >= 11 is 0. The fraction of sp³-hybridized carbons (Fsp3) is 0.474. The van der Waals surface area contributed by atoms with Gasteiger partial charge in [0.1, 0.15) is 5.82 Å². The molecule has 0 aliphatic carbocycles. The van der Waals surface area contributed by atoms with Crippen molar-refractivity contribution in [1.29, 1.82) is 0 Å². The molecule has 5 heteroatoms. The molecule has 1 aromatic carbocycles. The van der Waals surface area contributed by atoms with Crippen molar-refractivity contribution in [3.05, 3.63) is 48.3 Å². The number of halogens is 1. The normalized spacial score (nSPS) is 21.8. The van der Waals surface area contributed by atoms with Crippen molar-refractivity contribution in [2.45, 2.75) is 25.2 Å². The lowest BCUT2D eigenvalue weighted by Crippen LogP contribution is -2.43. The highest BCUT2D eigenvalue weighted by Crippen LogP contribution is 2.30. The minimum absolute atomic E-state index is 0.00914. The van der Waals surface area contributed by atoms with Crippen LogP contribution in [0.2, 0.25) is 0 Å². The number of amides is 2. The lowest BCUT2D eigenvalue weighted by Gasteiger charge is -2.32. The van der Waals surface area contributed by atoms with Gasteiger partial charge in [0.2, 0.25) is 11.8 Å². The second-order valence-electron chi connectivity index (χ2n) is 6.63. The summed E-state index contributed by atoms with van der Waals surface area (Å²) in [6, 6.07) is 6.67. The fourth-order valence-electron chi connectivity index (χ4n) is 3.73. The Morgan fingerprint density at radius 2 is 1.83 bits per heavy atom. The third-order valence-electron chi connectivity index (χ3n) is 5.15. The molecule has 2 amide bonds. The molecule has 2 aliphatic heterocycles. The zero-order valence-electron chi connectivity index (χ0n) is 13.8. The predicted octanol–water partition coefficient (Wildman–Crippen LogP) is 2.57. The van der Waals surface area contributed by atoms with Crippen molar-refractivity contribution >= 4 is 11.8 Å². The van der Waals surface area contributed by atoms with E-state index in [-0.39, 0.29) is 29.5 Å². The molecule has 0 aromatic heterocycles. The number of rotatable bonds is 3. The standard InChI is InChI=1S/C19H23FN2O2/c1-2-18(23)21-9-6-14(7-10-21)19(24)22-11-8-16(13-22)15-4-3-5-17(20)12-15/h2-5,12,14,16H,1,6-11,13H2. The Balaban J connectivity index is 1.55. The van der Waals surface area contributed by atoms with E-state index in [9.17, 15) is 14.0 Å². The molecule has 2 fully saturated rings. The molecule has 0 saturated carbocycles. The van der Waals surface area contributed by atoms with Crippen LogP contribution < -0.4 is 0 Å². The van der Waals surface area contributed by atoms with Gasteiger partial charge in [-0.15, -0.1) is 0 Å². The Kier molecular flexibility index (Phi) is 4.97. The summed E-state index contributed by atoms with van der Waals surface area (Å²) in [5.74, 6) is 0.0987. The van der Waals surface area contributed by atoms with Gasteiger partial charge in [-0.3, -0.25) is 9.59 Å². The van der Waals surface area contributed by atoms with E-state index in [4.69, 9.17) is 0 Å². The van der Waals surface area contributed by atoms with Crippen molar-refractivity contribution in [2.24, 2.45) is 5.92 Å². The summed E-state index contributed by atoms with van der Waals surface area (Å²) in [5.41, 5.74) is 0.969. The molecule has 0 bridgehead atoms. The van der Waals surface area contributed by atoms with Crippen LogP contribution in [0.4, 0.5) is 4.39 Å². The fourth-order valence-corrected chi connectivity index (χ4v) is 3.73. The van der Waals surface area contributed by atoms with Crippen LogP contribution >= 0.6 is 0 Å². The number of nitrogens with zero attached hydrogens (tertiary/aromatic N) is 2. The molecule has 24 heavy (non-hydrogen) atoms. The lowest BCUT2D eigenvalue weighted by molar-refractivity contribution is -0.138. The van der Waals surface area contributed by atoms with Gasteiger partial charge >= 0.3 is 0 Å². The van der Waals surface area contributed by atoms with Crippen molar-refractivity contribution < 1.29 is 14.0 Å². The number of piperidine rings is 1. The van der Waals surface area contributed by atoms with Gasteiger partial charge in [-0.1, -0.05) is 18.7 Å². The second kappa shape index (κ2) is 7.16. The molecule has 1 atom stereocenters. The van der Waals surface area contributed by atoms with E-state index in [1.165, 1.54) is 12.1 Å².